The smallest absolute Gasteiger partial charge is 0.346 e. The normalized spacial score (nSPS) is 15.1. The van der Waals surface area contributed by atoms with Crippen LogP contribution in [0.5, 0.6) is 5.75 Å². The van der Waals surface area contributed by atoms with E-state index in [-0.39, 0.29) is 27.8 Å². The van der Waals surface area contributed by atoms with Crippen LogP contribution in [0.15, 0.2) is 44.7 Å². The Bertz CT molecular complexity index is 1450. The lowest BCUT2D eigenvalue weighted by atomic mass is 9.88. The number of nitro benzene ring substituents is 1. The molecule has 0 saturated heterocycles. The predicted molar refractivity (Wildman–Crippen MR) is 143 cm³/mol. The number of ether oxygens (including phenoxy) is 2. The number of carbonyl (C=O) groups is 1. The van der Waals surface area contributed by atoms with Crippen LogP contribution in [0.25, 0.3) is 10.9 Å². The maximum absolute atomic E-state index is 13.6. The van der Waals surface area contributed by atoms with E-state index in [1.807, 2.05) is 6.07 Å². The van der Waals surface area contributed by atoms with E-state index in [1.54, 1.807) is 12.1 Å². The quantitative estimate of drug-likeness (QED) is 0.152. The number of benzene rings is 2. The highest BCUT2D eigenvalue weighted by Gasteiger charge is 2.26. The Kier molecular flexibility index (Phi) is 8.23. The molecule has 1 heterocycles. The largest absolute Gasteiger partial charge is 0.471 e. The van der Waals surface area contributed by atoms with Gasteiger partial charge in [-0.1, -0.05) is 46.8 Å². The monoisotopic (exact) mass is 590 g/mol. The third-order valence-electron chi connectivity index (χ3n) is 6.20. The first-order valence-electron chi connectivity index (χ1n) is 11.7. The second-order valence-electron chi connectivity index (χ2n) is 8.71. The molecule has 1 aromatic heterocycles. The summed E-state index contributed by atoms with van der Waals surface area (Å²) < 4.78 is 12.3. The SMILES string of the molecule is COC(=O)[C@@H](C)Oc1c(C=Nn2c(C3CCCCC3)nc3ccc(Br)cc3c2=O)cc(Cl)cc1[N+](=O)[O-]. The van der Waals surface area contributed by atoms with Crippen molar-refractivity contribution >= 4 is 56.3 Å². The van der Waals surface area contributed by atoms with Gasteiger partial charge in [-0.05, 0) is 44.0 Å². The van der Waals surface area contributed by atoms with Crippen LogP contribution in [-0.4, -0.2) is 40.0 Å². The van der Waals surface area contributed by atoms with Crippen molar-refractivity contribution < 1.29 is 19.2 Å². The van der Waals surface area contributed by atoms with Crippen LogP contribution in [0.1, 0.15) is 56.3 Å². The number of nitro groups is 1. The van der Waals surface area contributed by atoms with Gasteiger partial charge in [0.05, 0.1) is 29.2 Å². The molecule has 37 heavy (non-hydrogen) atoms. The van der Waals surface area contributed by atoms with Gasteiger partial charge in [-0.15, -0.1) is 0 Å². The van der Waals surface area contributed by atoms with Gasteiger partial charge in [0.2, 0.25) is 5.75 Å². The van der Waals surface area contributed by atoms with Crippen molar-refractivity contribution in [2.75, 3.05) is 7.11 Å². The molecule has 2 aromatic carbocycles. The number of rotatable bonds is 7. The highest BCUT2D eigenvalue weighted by atomic mass is 79.9. The van der Waals surface area contributed by atoms with Crippen molar-refractivity contribution in [2.45, 2.75) is 51.0 Å². The number of halogens is 2. The van der Waals surface area contributed by atoms with E-state index in [2.05, 4.69) is 25.8 Å². The molecule has 0 amide bonds. The molecule has 0 spiro atoms. The minimum atomic E-state index is -1.14. The van der Waals surface area contributed by atoms with Gasteiger partial charge in [0.1, 0.15) is 5.82 Å². The van der Waals surface area contributed by atoms with Crippen molar-refractivity contribution in [1.82, 2.24) is 9.66 Å². The number of hydrogen-bond donors (Lipinski definition) is 0. The summed E-state index contributed by atoms with van der Waals surface area (Å²) in [5.41, 5.74) is -0.143. The van der Waals surface area contributed by atoms with Gasteiger partial charge in [0, 0.05) is 27.0 Å². The van der Waals surface area contributed by atoms with Crippen LogP contribution in [0, 0.1) is 10.1 Å². The maximum Gasteiger partial charge on any atom is 0.346 e. The van der Waals surface area contributed by atoms with Gasteiger partial charge in [0.15, 0.2) is 6.10 Å². The minimum absolute atomic E-state index is 0.0374. The highest BCUT2D eigenvalue weighted by Crippen LogP contribution is 2.35. The second-order valence-corrected chi connectivity index (χ2v) is 10.1. The zero-order chi connectivity index (χ0) is 26.7. The zero-order valence-electron chi connectivity index (χ0n) is 20.1. The number of nitrogens with zero attached hydrogens (tertiary/aromatic N) is 4. The Balaban J connectivity index is 1.88. The fraction of sp³-hybridized carbons (Fsp3) is 0.360. The standard InChI is InChI=1S/C25H24BrClN4O6/c1-14(25(33)36-2)37-22-16(10-18(27)12-21(22)31(34)35)13-28-30-23(15-6-4-3-5-7-15)29-20-9-8-17(26)11-19(20)24(30)32/h8-15H,3-7H2,1-2H3/t14-/m1/s1. The Labute approximate surface area is 225 Å². The molecule has 10 nitrogen and oxygen atoms in total. The van der Waals surface area contributed by atoms with Crippen LogP contribution >= 0.6 is 27.5 Å². The van der Waals surface area contributed by atoms with Gasteiger partial charge in [0.25, 0.3) is 5.56 Å². The number of methoxy groups -OCH3 is 1. The Morgan fingerprint density at radius 3 is 2.70 bits per heavy atom. The molecular formula is C25H24BrClN4O6. The molecule has 0 radical (unpaired) electrons. The lowest BCUT2D eigenvalue weighted by Gasteiger charge is -2.22. The minimum Gasteiger partial charge on any atom is -0.471 e. The summed E-state index contributed by atoms with van der Waals surface area (Å²) in [6, 6.07) is 7.81. The average molecular weight is 592 g/mol. The van der Waals surface area contributed by atoms with E-state index in [9.17, 15) is 19.7 Å². The van der Waals surface area contributed by atoms with Crippen LogP contribution in [0.3, 0.4) is 0 Å². The average Bonchev–Trinajstić information content (AvgIpc) is 2.89. The van der Waals surface area contributed by atoms with E-state index >= 15 is 0 Å². The fourth-order valence-electron chi connectivity index (χ4n) is 4.37. The van der Waals surface area contributed by atoms with Crippen molar-refractivity contribution in [3.8, 4) is 5.75 Å². The van der Waals surface area contributed by atoms with E-state index < -0.39 is 22.7 Å². The molecule has 3 aromatic rings. The summed E-state index contributed by atoms with van der Waals surface area (Å²) in [5, 5.41) is 16.6. The number of hydrogen-bond acceptors (Lipinski definition) is 8. The summed E-state index contributed by atoms with van der Waals surface area (Å²) >= 11 is 9.55. The fourth-order valence-corrected chi connectivity index (χ4v) is 4.96. The zero-order valence-corrected chi connectivity index (χ0v) is 22.5. The molecule has 0 unspecified atom stereocenters. The molecule has 1 aliphatic carbocycles. The van der Waals surface area contributed by atoms with E-state index in [0.29, 0.717) is 16.7 Å². The van der Waals surface area contributed by atoms with Gasteiger partial charge in [-0.25, -0.2) is 9.78 Å². The van der Waals surface area contributed by atoms with E-state index in [1.165, 1.54) is 31.0 Å². The Morgan fingerprint density at radius 2 is 2.03 bits per heavy atom. The third kappa shape index (κ3) is 5.83. The summed E-state index contributed by atoms with van der Waals surface area (Å²) in [7, 11) is 1.19. The predicted octanol–water partition coefficient (Wildman–Crippen LogP) is 5.59. The number of aromatic nitrogens is 2. The molecule has 4 rings (SSSR count). The maximum atomic E-state index is 13.6. The Morgan fingerprint density at radius 1 is 1.30 bits per heavy atom. The topological polar surface area (TPSA) is 126 Å². The van der Waals surface area contributed by atoms with Crippen LogP contribution < -0.4 is 10.3 Å². The van der Waals surface area contributed by atoms with Crippen molar-refractivity contribution in [3.05, 3.63) is 71.7 Å². The third-order valence-corrected chi connectivity index (χ3v) is 6.91. The first-order chi connectivity index (χ1) is 17.7. The van der Waals surface area contributed by atoms with E-state index in [4.69, 9.17) is 21.3 Å². The van der Waals surface area contributed by atoms with Crippen molar-refractivity contribution in [2.24, 2.45) is 5.10 Å². The summed E-state index contributed by atoms with van der Waals surface area (Å²) in [5.74, 6) is -0.375. The first kappa shape index (κ1) is 26.7. The molecule has 194 valence electrons. The van der Waals surface area contributed by atoms with E-state index in [0.717, 1.165) is 42.6 Å². The summed E-state index contributed by atoms with van der Waals surface area (Å²) in [6.45, 7) is 1.40. The number of fused-ring (bicyclic) bond motifs is 1. The van der Waals surface area contributed by atoms with Gasteiger partial charge in [-0.2, -0.15) is 9.78 Å². The molecule has 1 saturated carbocycles. The highest BCUT2D eigenvalue weighted by molar-refractivity contribution is 9.10. The lowest BCUT2D eigenvalue weighted by Crippen LogP contribution is -2.26. The lowest BCUT2D eigenvalue weighted by molar-refractivity contribution is -0.386. The molecule has 1 atom stereocenters. The molecule has 0 N–H and O–H groups in total. The molecule has 0 aliphatic heterocycles. The van der Waals surface area contributed by atoms with Crippen molar-refractivity contribution in [3.63, 3.8) is 0 Å². The molecule has 0 bridgehead atoms. The number of carbonyl (C=O) groups excluding carboxylic acids is 1. The van der Waals surface area contributed by atoms with Crippen LogP contribution in [0.2, 0.25) is 5.02 Å². The van der Waals surface area contributed by atoms with Crippen LogP contribution in [-0.2, 0) is 9.53 Å². The Hall–Kier alpha value is -3.31. The molecular weight excluding hydrogens is 568 g/mol. The molecule has 12 heteroatoms. The van der Waals surface area contributed by atoms with Gasteiger partial charge >= 0.3 is 11.7 Å². The van der Waals surface area contributed by atoms with Gasteiger partial charge < -0.3 is 9.47 Å². The second kappa shape index (κ2) is 11.4. The summed E-state index contributed by atoms with van der Waals surface area (Å²) in [6.07, 6.45) is 5.03. The first-order valence-corrected chi connectivity index (χ1v) is 12.9. The summed E-state index contributed by atoms with van der Waals surface area (Å²) in [4.78, 5) is 41.4. The van der Waals surface area contributed by atoms with Gasteiger partial charge in [-0.3, -0.25) is 14.9 Å². The van der Waals surface area contributed by atoms with Crippen LogP contribution in [0.4, 0.5) is 5.69 Å². The van der Waals surface area contributed by atoms with Crippen molar-refractivity contribution in [1.29, 1.82) is 0 Å². The molecule has 1 fully saturated rings. The molecule has 1 aliphatic rings. The number of esters is 1.